The fraction of sp³-hybridized carbons (Fsp3) is 0.259. The van der Waals surface area contributed by atoms with Crippen LogP contribution in [-0.4, -0.2) is 46.3 Å². The standard InChI is InChI=1S/C27H28FN5O/c28-22-12-15-32(19-22)14-11-21-18-33(26-6-2-1-5-25(21)26)24-9-7-23(8-10-24)31-27(34)30-17-20-4-3-13-29-16-20/h1-10,13,16,18,22H,11-12,14-15,17,19H2,(H2,30,31,34)/t22-/m1/s1. The number of nitrogens with one attached hydrogen (secondary N) is 2. The number of hydrogen-bond donors (Lipinski definition) is 2. The molecule has 7 heteroatoms. The van der Waals surface area contributed by atoms with Crippen LogP contribution in [0.3, 0.4) is 0 Å². The summed E-state index contributed by atoms with van der Waals surface area (Å²) in [4.78, 5) is 18.5. The molecule has 1 saturated heterocycles. The number of urea groups is 1. The molecule has 5 rings (SSSR count). The third-order valence-corrected chi connectivity index (χ3v) is 6.29. The molecule has 6 nitrogen and oxygen atoms in total. The highest BCUT2D eigenvalue weighted by atomic mass is 19.1. The van der Waals surface area contributed by atoms with E-state index in [1.807, 2.05) is 42.5 Å². The number of rotatable bonds is 7. The van der Waals surface area contributed by atoms with Gasteiger partial charge in [-0.15, -0.1) is 0 Å². The van der Waals surface area contributed by atoms with Crippen LogP contribution in [0.2, 0.25) is 0 Å². The molecule has 0 bridgehead atoms. The molecule has 3 heterocycles. The van der Waals surface area contributed by atoms with Gasteiger partial charge in [0.05, 0.1) is 5.52 Å². The lowest BCUT2D eigenvalue weighted by molar-refractivity contribution is 0.251. The van der Waals surface area contributed by atoms with Gasteiger partial charge in [-0.05, 0) is 60.4 Å². The van der Waals surface area contributed by atoms with Crippen molar-refractivity contribution in [1.29, 1.82) is 0 Å². The van der Waals surface area contributed by atoms with Crippen molar-refractivity contribution in [3.05, 3.63) is 90.4 Å². The highest BCUT2D eigenvalue weighted by Gasteiger charge is 2.21. The first-order chi connectivity index (χ1) is 16.7. The molecule has 0 saturated carbocycles. The number of para-hydroxylation sites is 1. The van der Waals surface area contributed by atoms with E-state index in [-0.39, 0.29) is 6.03 Å². The molecule has 2 aromatic heterocycles. The first kappa shape index (κ1) is 22.1. The van der Waals surface area contributed by atoms with Crippen LogP contribution in [0.15, 0.2) is 79.3 Å². The summed E-state index contributed by atoms with van der Waals surface area (Å²) in [6, 6.07) is 19.7. The molecule has 1 fully saturated rings. The molecule has 34 heavy (non-hydrogen) atoms. The molecule has 2 aromatic carbocycles. The number of alkyl halides is 1. The summed E-state index contributed by atoms with van der Waals surface area (Å²) >= 11 is 0. The number of carbonyl (C=O) groups excluding carboxylic acids is 1. The molecule has 1 aliphatic rings. The number of carbonyl (C=O) groups is 1. The van der Waals surface area contributed by atoms with Crippen molar-refractivity contribution < 1.29 is 9.18 Å². The average Bonchev–Trinajstić information content (AvgIpc) is 3.46. The maximum atomic E-state index is 13.5. The number of anilines is 1. The highest BCUT2D eigenvalue weighted by Crippen LogP contribution is 2.26. The van der Waals surface area contributed by atoms with Crippen LogP contribution in [0, 0.1) is 0 Å². The fourth-order valence-electron chi connectivity index (χ4n) is 4.50. The molecule has 2 N–H and O–H groups in total. The van der Waals surface area contributed by atoms with Crippen molar-refractivity contribution in [3.8, 4) is 5.69 Å². The topological polar surface area (TPSA) is 62.2 Å². The Morgan fingerprint density at radius 3 is 2.71 bits per heavy atom. The predicted molar refractivity (Wildman–Crippen MR) is 133 cm³/mol. The zero-order valence-corrected chi connectivity index (χ0v) is 19.0. The number of pyridine rings is 1. The third kappa shape index (κ3) is 5.10. The highest BCUT2D eigenvalue weighted by molar-refractivity contribution is 5.89. The summed E-state index contributed by atoms with van der Waals surface area (Å²) in [5.41, 5.74) is 5.08. The van der Waals surface area contributed by atoms with Gasteiger partial charge in [0.15, 0.2) is 0 Å². The number of nitrogens with zero attached hydrogens (tertiary/aromatic N) is 3. The van der Waals surface area contributed by atoms with Crippen molar-refractivity contribution in [2.75, 3.05) is 25.0 Å². The Morgan fingerprint density at radius 1 is 1.09 bits per heavy atom. The van der Waals surface area contributed by atoms with Gasteiger partial charge in [-0.2, -0.15) is 0 Å². The quantitative estimate of drug-likeness (QED) is 0.414. The lowest BCUT2D eigenvalue weighted by Gasteiger charge is -2.13. The van der Waals surface area contributed by atoms with E-state index < -0.39 is 6.17 Å². The number of halogens is 1. The van der Waals surface area contributed by atoms with Gasteiger partial charge in [0.1, 0.15) is 6.17 Å². The minimum atomic E-state index is -0.689. The van der Waals surface area contributed by atoms with E-state index in [0.29, 0.717) is 19.5 Å². The van der Waals surface area contributed by atoms with Gasteiger partial charge < -0.3 is 20.1 Å². The van der Waals surface area contributed by atoms with E-state index in [9.17, 15) is 9.18 Å². The van der Waals surface area contributed by atoms with Gasteiger partial charge in [-0.1, -0.05) is 24.3 Å². The molecule has 0 aliphatic carbocycles. The van der Waals surface area contributed by atoms with Crippen molar-refractivity contribution >= 4 is 22.6 Å². The van der Waals surface area contributed by atoms with Crippen LogP contribution in [-0.2, 0) is 13.0 Å². The summed E-state index contributed by atoms with van der Waals surface area (Å²) < 4.78 is 15.7. The second-order valence-electron chi connectivity index (χ2n) is 8.69. The molecule has 0 unspecified atom stereocenters. The number of hydrogen-bond acceptors (Lipinski definition) is 3. The van der Waals surface area contributed by atoms with E-state index >= 15 is 0 Å². The van der Waals surface area contributed by atoms with Crippen LogP contribution in [0.5, 0.6) is 0 Å². The number of aromatic nitrogens is 2. The number of benzene rings is 2. The zero-order valence-electron chi connectivity index (χ0n) is 19.0. The largest absolute Gasteiger partial charge is 0.334 e. The maximum absolute atomic E-state index is 13.5. The number of fused-ring (bicyclic) bond motifs is 1. The van der Waals surface area contributed by atoms with Crippen LogP contribution >= 0.6 is 0 Å². The normalized spacial score (nSPS) is 16.1. The number of likely N-dealkylation sites (tertiary alicyclic amines) is 1. The fourth-order valence-corrected chi connectivity index (χ4v) is 4.50. The molecular weight excluding hydrogens is 429 g/mol. The zero-order chi connectivity index (χ0) is 23.3. The molecule has 174 valence electrons. The van der Waals surface area contributed by atoms with Crippen LogP contribution < -0.4 is 10.6 Å². The minimum Gasteiger partial charge on any atom is -0.334 e. The van der Waals surface area contributed by atoms with Crippen molar-refractivity contribution in [2.45, 2.75) is 25.6 Å². The molecule has 1 atom stereocenters. The van der Waals surface area contributed by atoms with Crippen LogP contribution in [0.1, 0.15) is 17.5 Å². The lowest BCUT2D eigenvalue weighted by atomic mass is 10.1. The van der Waals surface area contributed by atoms with Crippen molar-refractivity contribution in [1.82, 2.24) is 19.8 Å². The van der Waals surface area contributed by atoms with Gasteiger partial charge in [0.25, 0.3) is 0 Å². The van der Waals surface area contributed by atoms with Crippen LogP contribution in [0.4, 0.5) is 14.9 Å². The molecule has 1 aliphatic heterocycles. The Morgan fingerprint density at radius 2 is 1.94 bits per heavy atom. The molecule has 4 aromatic rings. The van der Waals surface area contributed by atoms with E-state index in [1.165, 1.54) is 10.9 Å². The summed E-state index contributed by atoms with van der Waals surface area (Å²) in [6.45, 7) is 2.66. The Labute approximate surface area is 198 Å². The van der Waals surface area contributed by atoms with Crippen molar-refractivity contribution in [3.63, 3.8) is 0 Å². The van der Waals surface area contributed by atoms with E-state index in [4.69, 9.17) is 0 Å². The summed E-state index contributed by atoms with van der Waals surface area (Å²) in [5, 5.41) is 6.93. The second-order valence-corrected chi connectivity index (χ2v) is 8.69. The SMILES string of the molecule is O=C(NCc1cccnc1)Nc1ccc(-n2cc(CCN3CC[C@@H](F)C3)c3ccccc32)cc1. The minimum absolute atomic E-state index is 0.261. The lowest BCUT2D eigenvalue weighted by Crippen LogP contribution is -2.28. The summed E-state index contributed by atoms with van der Waals surface area (Å²) in [5.74, 6) is 0. The van der Waals surface area contributed by atoms with Crippen molar-refractivity contribution in [2.24, 2.45) is 0 Å². The molecule has 0 spiro atoms. The first-order valence-electron chi connectivity index (χ1n) is 11.7. The number of amides is 2. The van der Waals surface area contributed by atoms with Gasteiger partial charge in [0.2, 0.25) is 0 Å². The Balaban J connectivity index is 1.26. The smallest absolute Gasteiger partial charge is 0.319 e. The van der Waals surface area contributed by atoms with Gasteiger partial charge >= 0.3 is 6.03 Å². The monoisotopic (exact) mass is 457 g/mol. The molecule has 2 amide bonds. The Hall–Kier alpha value is -3.71. The Kier molecular flexibility index (Phi) is 6.53. The van der Waals surface area contributed by atoms with Gasteiger partial charge in [0, 0.05) is 61.5 Å². The van der Waals surface area contributed by atoms with E-state index in [1.54, 1.807) is 12.4 Å². The van der Waals surface area contributed by atoms with Gasteiger partial charge in [-0.3, -0.25) is 4.98 Å². The molecule has 0 radical (unpaired) electrons. The third-order valence-electron chi connectivity index (χ3n) is 6.29. The first-order valence-corrected chi connectivity index (χ1v) is 11.7. The second kappa shape index (κ2) is 10.1. The molecular formula is C27H28FN5O. The predicted octanol–water partition coefficient (Wildman–Crippen LogP) is 4.93. The summed E-state index contributed by atoms with van der Waals surface area (Å²) in [6.07, 6.45) is 6.45. The average molecular weight is 458 g/mol. The van der Waals surface area contributed by atoms with E-state index in [2.05, 4.69) is 49.5 Å². The van der Waals surface area contributed by atoms with Gasteiger partial charge in [-0.25, -0.2) is 9.18 Å². The Bertz CT molecular complexity index is 1260. The summed E-state index contributed by atoms with van der Waals surface area (Å²) in [7, 11) is 0. The maximum Gasteiger partial charge on any atom is 0.319 e. The van der Waals surface area contributed by atoms with E-state index in [0.717, 1.165) is 42.0 Å². The van der Waals surface area contributed by atoms with Crippen LogP contribution in [0.25, 0.3) is 16.6 Å².